The van der Waals surface area contributed by atoms with Crippen LogP contribution in [0.5, 0.6) is 0 Å². The molecule has 0 saturated carbocycles. The Kier molecular flexibility index (Phi) is 3.46. The minimum atomic E-state index is -3.86. The van der Waals surface area contributed by atoms with E-state index < -0.39 is 20.6 Å². The van der Waals surface area contributed by atoms with Crippen LogP contribution in [0.1, 0.15) is 13.3 Å². The summed E-state index contributed by atoms with van der Waals surface area (Å²) >= 11 is 0. The van der Waals surface area contributed by atoms with Crippen LogP contribution in [-0.2, 0) is 10.0 Å². The number of nitro groups is 1. The van der Waals surface area contributed by atoms with Gasteiger partial charge in [-0.15, -0.1) is 0 Å². The molecule has 1 fully saturated rings. The zero-order valence-corrected chi connectivity index (χ0v) is 11.3. The Hall–Kier alpha value is -1.67. The van der Waals surface area contributed by atoms with Crippen LogP contribution >= 0.6 is 0 Å². The summed E-state index contributed by atoms with van der Waals surface area (Å²) in [6.45, 7) is 2.72. The Morgan fingerprint density at radius 2 is 2.16 bits per heavy atom. The molecule has 1 aromatic carbocycles. The smallest absolute Gasteiger partial charge is 0.289 e. The Bertz CT molecular complexity index is 614. The number of nitrogens with two attached hydrogens (primary N) is 1. The van der Waals surface area contributed by atoms with Gasteiger partial charge in [-0.05, 0) is 24.5 Å². The first-order chi connectivity index (χ1) is 8.82. The first-order valence-corrected chi connectivity index (χ1v) is 7.30. The van der Waals surface area contributed by atoms with Crippen LogP contribution in [-0.4, -0.2) is 30.7 Å². The monoisotopic (exact) mass is 285 g/mol. The number of nitro benzene ring substituents is 1. The van der Waals surface area contributed by atoms with Gasteiger partial charge < -0.3 is 5.73 Å². The molecule has 7 nitrogen and oxygen atoms in total. The van der Waals surface area contributed by atoms with Gasteiger partial charge in [0, 0.05) is 24.8 Å². The molecule has 8 heteroatoms. The first-order valence-electron chi connectivity index (χ1n) is 5.86. The van der Waals surface area contributed by atoms with Gasteiger partial charge in [-0.25, -0.2) is 8.42 Å². The van der Waals surface area contributed by atoms with Gasteiger partial charge >= 0.3 is 0 Å². The van der Waals surface area contributed by atoms with E-state index in [1.165, 1.54) is 10.4 Å². The summed E-state index contributed by atoms with van der Waals surface area (Å²) in [4.78, 5) is 9.91. The fourth-order valence-electron chi connectivity index (χ4n) is 2.14. The topological polar surface area (TPSA) is 107 Å². The third-order valence-electron chi connectivity index (χ3n) is 3.18. The van der Waals surface area contributed by atoms with E-state index in [0.29, 0.717) is 13.1 Å². The van der Waals surface area contributed by atoms with Crippen molar-refractivity contribution in [1.29, 1.82) is 0 Å². The average Bonchev–Trinajstić information content (AvgIpc) is 2.76. The van der Waals surface area contributed by atoms with Crippen molar-refractivity contribution in [3.05, 3.63) is 28.3 Å². The lowest BCUT2D eigenvalue weighted by atomic mass is 10.2. The molecule has 1 saturated heterocycles. The van der Waals surface area contributed by atoms with Crippen LogP contribution < -0.4 is 5.73 Å². The van der Waals surface area contributed by atoms with E-state index in [4.69, 9.17) is 5.73 Å². The molecule has 1 heterocycles. The fraction of sp³-hybridized carbons (Fsp3) is 0.455. The number of sulfonamides is 1. The summed E-state index contributed by atoms with van der Waals surface area (Å²) in [7, 11) is -3.86. The van der Waals surface area contributed by atoms with Crippen LogP contribution in [0, 0.1) is 16.0 Å². The predicted octanol–water partition coefficient (Wildman–Crippen LogP) is 1.21. The van der Waals surface area contributed by atoms with Crippen molar-refractivity contribution in [3.63, 3.8) is 0 Å². The lowest BCUT2D eigenvalue weighted by molar-refractivity contribution is -0.387. The molecule has 19 heavy (non-hydrogen) atoms. The Morgan fingerprint density at radius 3 is 2.68 bits per heavy atom. The Balaban J connectivity index is 2.51. The molecular formula is C11H15N3O4S. The van der Waals surface area contributed by atoms with Crippen LogP contribution in [0.2, 0.25) is 0 Å². The lowest BCUT2D eigenvalue weighted by Crippen LogP contribution is -2.29. The second-order valence-corrected chi connectivity index (χ2v) is 6.65. The third-order valence-corrected chi connectivity index (χ3v) is 5.08. The molecule has 0 spiro atoms. The van der Waals surface area contributed by atoms with Gasteiger partial charge in [0.2, 0.25) is 10.0 Å². The minimum Gasteiger partial charge on any atom is -0.399 e. The average molecular weight is 285 g/mol. The van der Waals surface area contributed by atoms with Crippen LogP contribution in [0.3, 0.4) is 0 Å². The molecule has 0 aromatic heterocycles. The molecule has 1 aliphatic heterocycles. The number of rotatable bonds is 3. The molecule has 1 aliphatic rings. The van der Waals surface area contributed by atoms with E-state index >= 15 is 0 Å². The van der Waals surface area contributed by atoms with Crippen molar-refractivity contribution < 1.29 is 13.3 Å². The minimum absolute atomic E-state index is 0.191. The predicted molar refractivity (Wildman–Crippen MR) is 70.0 cm³/mol. The van der Waals surface area contributed by atoms with Crippen LogP contribution in [0.4, 0.5) is 11.4 Å². The molecule has 0 amide bonds. The van der Waals surface area contributed by atoms with E-state index in [-0.39, 0.29) is 16.5 Å². The zero-order chi connectivity index (χ0) is 14.2. The highest BCUT2D eigenvalue weighted by molar-refractivity contribution is 7.89. The number of hydrogen-bond donors (Lipinski definition) is 1. The maximum Gasteiger partial charge on any atom is 0.289 e. The maximum absolute atomic E-state index is 12.4. The molecule has 1 aromatic rings. The summed E-state index contributed by atoms with van der Waals surface area (Å²) in [5.41, 5.74) is 5.30. The van der Waals surface area contributed by atoms with Gasteiger partial charge in [0.15, 0.2) is 4.90 Å². The zero-order valence-electron chi connectivity index (χ0n) is 10.4. The standard InChI is InChI=1S/C11H15N3O4S/c1-8-4-5-13(7-8)19(17,18)11-6-9(12)2-3-10(11)14(15)16/h2-3,6,8H,4-5,7,12H2,1H3. The highest BCUT2D eigenvalue weighted by Crippen LogP contribution is 2.31. The van der Waals surface area contributed by atoms with Crippen molar-refractivity contribution >= 4 is 21.4 Å². The second-order valence-electron chi connectivity index (χ2n) is 4.74. The first kappa shape index (κ1) is 13.8. The molecule has 0 aliphatic carbocycles. The summed E-state index contributed by atoms with van der Waals surface area (Å²) in [6, 6.07) is 3.60. The normalized spacial score (nSPS) is 20.6. The highest BCUT2D eigenvalue weighted by atomic mass is 32.2. The molecule has 0 bridgehead atoms. The molecular weight excluding hydrogens is 270 g/mol. The van der Waals surface area contributed by atoms with E-state index in [1.807, 2.05) is 6.92 Å². The Labute approximate surface area is 111 Å². The largest absolute Gasteiger partial charge is 0.399 e. The molecule has 0 radical (unpaired) electrons. The summed E-state index contributed by atoms with van der Waals surface area (Å²) < 4.78 is 26.1. The second kappa shape index (κ2) is 4.78. The molecule has 1 unspecified atom stereocenters. The summed E-state index contributed by atoms with van der Waals surface area (Å²) in [5.74, 6) is 0.259. The number of nitrogen functional groups attached to an aromatic ring is 1. The van der Waals surface area contributed by atoms with Gasteiger partial charge in [0.05, 0.1) is 4.92 Å². The maximum atomic E-state index is 12.4. The molecule has 1 atom stereocenters. The van der Waals surface area contributed by atoms with Crippen molar-refractivity contribution in [3.8, 4) is 0 Å². The number of nitrogens with zero attached hydrogens (tertiary/aromatic N) is 2. The van der Waals surface area contributed by atoms with Crippen molar-refractivity contribution in [1.82, 2.24) is 4.31 Å². The van der Waals surface area contributed by atoms with Crippen molar-refractivity contribution in [2.24, 2.45) is 5.92 Å². The number of anilines is 1. The van der Waals surface area contributed by atoms with E-state index in [2.05, 4.69) is 0 Å². The lowest BCUT2D eigenvalue weighted by Gasteiger charge is -2.16. The van der Waals surface area contributed by atoms with Gasteiger partial charge in [0.1, 0.15) is 0 Å². The van der Waals surface area contributed by atoms with Gasteiger partial charge in [0.25, 0.3) is 5.69 Å². The summed E-state index contributed by atoms with van der Waals surface area (Å²) in [5, 5.41) is 10.9. The van der Waals surface area contributed by atoms with Gasteiger partial charge in [-0.3, -0.25) is 10.1 Å². The molecule has 2 N–H and O–H groups in total. The summed E-state index contributed by atoms with van der Waals surface area (Å²) in [6.07, 6.45) is 0.759. The highest BCUT2D eigenvalue weighted by Gasteiger charge is 2.35. The quantitative estimate of drug-likeness (QED) is 0.510. The number of hydrogen-bond acceptors (Lipinski definition) is 5. The third kappa shape index (κ3) is 2.54. The SMILES string of the molecule is CC1CCN(S(=O)(=O)c2cc(N)ccc2[N+](=O)[O-])C1. The van der Waals surface area contributed by atoms with Crippen LogP contribution in [0.25, 0.3) is 0 Å². The number of benzene rings is 1. The molecule has 2 rings (SSSR count). The fourth-order valence-corrected chi connectivity index (χ4v) is 3.91. The van der Waals surface area contributed by atoms with Crippen LogP contribution in [0.15, 0.2) is 23.1 Å². The van der Waals surface area contributed by atoms with Crippen molar-refractivity contribution in [2.45, 2.75) is 18.2 Å². The van der Waals surface area contributed by atoms with Gasteiger partial charge in [-0.1, -0.05) is 6.92 Å². The molecule has 104 valence electrons. The van der Waals surface area contributed by atoms with E-state index in [1.54, 1.807) is 0 Å². The van der Waals surface area contributed by atoms with E-state index in [0.717, 1.165) is 18.6 Å². The van der Waals surface area contributed by atoms with Crippen molar-refractivity contribution in [2.75, 3.05) is 18.8 Å². The Morgan fingerprint density at radius 1 is 1.47 bits per heavy atom. The van der Waals surface area contributed by atoms with Gasteiger partial charge in [-0.2, -0.15) is 4.31 Å². The van der Waals surface area contributed by atoms with E-state index in [9.17, 15) is 18.5 Å².